The van der Waals surface area contributed by atoms with Gasteiger partial charge in [-0.05, 0) is 71.7 Å². The molecule has 1 aliphatic rings. The van der Waals surface area contributed by atoms with Crippen LogP contribution in [0.2, 0.25) is 0 Å². The van der Waals surface area contributed by atoms with Crippen molar-refractivity contribution >= 4 is 37.7 Å². The number of halogens is 1. The topological polar surface area (TPSA) is 113 Å². The molecule has 12 heteroatoms. The molecule has 4 aromatic rings. The molecule has 0 unspecified atom stereocenters. The zero-order valence-electron chi connectivity index (χ0n) is 25.1. The Bertz CT molecular complexity index is 1820. The molecule has 1 aliphatic heterocycles. The predicted octanol–water partition coefficient (Wildman–Crippen LogP) is 5.50. The number of carbonyl (C=O) groups is 2. The van der Waals surface area contributed by atoms with Gasteiger partial charge in [0.05, 0.1) is 35.3 Å². The summed E-state index contributed by atoms with van der Waals surface area (Å²) >= 11 is 3.45. The summed E-state index contributed by atoms with van der Waals surface area (Å²) in [6.07, 6.45) is 0. The minimum atomic E-state index is -3.70. The summed E-state index contributed by atoms with van der Waals surface area (Å²) in [5.41, 5.74) is 3.44. The van der Waals surface area contributed by atoms with Gasteiger partial charge in [-0.3, -0.25) is 4.79 Å². The quantitative estimate of drug-likeness (QED) is 0.149. The number of Topliss-reactive ketones (excluding diaryl/α,β-unsaturated/α-hetero) is 1. The maximum atomic E-state index is 13.2. The van der Waals surface area contributed by atoms with Crippen LogP contribution in [0, 0.1) is 13.8 Å². The third kappa shape index (κ3) is 7.14. The second-order valence-electron chi connectivity index (χ2n) is 10.4. The van der Waals surface area contributed by atoms with E-state index in [0.29, 0.717) is 65.8 Å². The van der Waals surface area contributed by atoms with Crippen LogP contribution >= 0.6 is 15.9 Å². The van der Waals surface area contributed by atoms with Gasteiger partial charge < -0.3 is 23.5 Å². The monoisotopic (exact) mass is 696 g/mol. The number of hydrogen-bond acceptors (Lipinski definition) is 8. The second kappa shape index (κ2) is 14.0. The highest BCUT2D eigenvalue weighted by molar-refractivity contribution is 9.10. The molecule has 1 aromatic heterocycles. The Morgan fingerprint density at radius 1 is 0.956 bits per heavy atom. The molecule has 0 bridgehead atoms. The molecule has 236 valence electrons. The van der Waals surface area contributed by atoms with Crippen molar-refractivity contribution in [3.8, 4) is 17.2 Å². The van der Waals surface area contributed by atoms with E-state index in [9.17, 15) is 18.0 Å². The van der Waals surface area contributed by atoms with Gasteiger partial charge in [-0.15, -0.1) is 0 Å². The lowest BCUT2D eigenvalue weighted by molar-refractivity contribution is 0.0474. The van der Waals surface area contributed by atoms with Gasteiger partial charge in [-0.1, -0.05) is 36.4 Å². The molecule has 0 saturated carbocycles. The Morgan fingerprint density at radius 3 is 2.40 bits per heavy atom. The number of esters is 1. The van der Waals surface area contributed by atoms with Crippen LogP contribution in [0.5, 0.6) is 11.5 Å². The van der Waals surface area contributed by atoms with E-state index < -0.39 is 28.4 Å². The number of hydrogen-bond donors (Lipinski definition) is 0. The summed E-state index contributed by atoms with van der Waals surface area (Å²) in [7, 11) is -2.23. The van der Waals surface area contributed by atoms with Crippen LogP contribution in [0.1, 0.15) is 37.7 Å². The van der Waals surface area contributed by atoms with Gasteiger partial charge >= 0.3 is 5.97 Å². The van der Waals surface area contributed by atoms with Crippen LogP contribution in [-0.2, 0) is 26.1 Å². The molecule has 45 heavy (non-hydrogen) atoms. The molecule has 0 amide bonds. The number of ketones is 1. The summed E-state index contributed by atoms with van der Waals surface area (Å²) in [6.45, 7) is 4.70. The Kier molecular flexibility index (Phi) is 10.1. The summed E-state index contributed by atoms with van der Waals surface area (Å²) in [6, 6.07) is 21.0. The lowest BCUT2D eigenvalue weighted by atomic mass is 10.1. The van der Waals surface area contributed by atoms with Crippen LogP contribution < -0.4 is 9.47 Å². The first-order valence-corrected chi connectivity index (χ1v) is 16.5. The number of morpholine rings is 1. The third-order valence-corrected chi connectivity index (χ3v) is 9.92. The lowest BCUT2D eigenvalue weighted by Gasteiger charge is -2.26. The zero-order valence-corrected chi connectivity index (χ0v) is 27.5. The van der Waals surface area contributed by atoms with Gasteiger partial charge in [0.15, 0.2) is 18.1 Å². The van der Waals surface area contributed by atoms with Crippen molar-refractivity contribution in [2.75, 3.05) is 40.0 Å². The summed E-state index contributed by atoms with van der Waals surface area (Å²) < 4.78 is 52.3. The van der Waals surface area contributed by atoms with Crippen molar-refractivity contribution in [3.05, 3.63) is 105 Å². The molecule has 0 radical (unpaired) electrons. The molecule has 0 atom stereocenters. The molecular weight excluding hydrogens is 664 g/mol. The smallest absolute Gasteiger partial charge is 0.338 e. The van der Waals surface area contributed by atoms with Crippen molar-refractivity contribution in [1.82, 2.24) is 8.87 Å². The molecule has 3 aromatic carbocycles. The fraction of sp³-hybridized carbons (Fsp3) is 0.273. The van der Waals surface area contributed by atoms with Crippen molar-refractivity contribution in [2.24, 2.45) is 0 Å². The predicted molar refractivity (Wildman–Crippen MR) is 171 cm³/mol. The van der Waals surface area contributed by atoms with Gasteiger partial charge in [0.2, 0.25) is 15.8 Å². The Labute approximate surface area is 270 Å². The highest BCUT2D eigenvalue weighted by atomic mass is 79.9. The van der Waals surface area contributed by atoms with Gasteiger partial charge in [0.25, 0.3) is 0 Å². The Hall–Kier alpha value is -3.97. The molecule has 0 aliphatic carbocycles. The number of carbonyl (C=O) groups excluding carboxylic acids is 2. The zero-order chi connectivity index (χ0) is 32.1. The molecule has 5 rings (SSSR count). The van der Waals surface area contributed by atoms with Gasteiger partial charge in [-0.2, -0.15) is 4.31 Å². The highest BCUT2D eigenvalue weighted by Gasteiger charge is 2.27. The number of rotatable bonds is 11. The normalized spacial score (nSPS) is 13.8. The Morgan fingerprint density at radius 2 is 1.69 bits per heavy atom. The first-order chi connectivity index (χ1) is 21.6. The van der Waals surface area contributed by atoms with E-state index in [1.807, 2.05) is 41.8 Å². The number of methoxy groups -OCH3 is 1. The van der Waals surface area contributed by atoms with Crippen molar-refractivity contribution in [2.45, 2.75) is 25.3 Å². The first-order valence-electron chi connectivity index (χ1n) is 14.2. The van der Waals surface area contributed by atoms with Gasteiger partial charge in [-0.25, -0.2) is 13.2 Å². The van der Waals surface area contributed by atoms with E-state index in [1.165, 1.54) is 17.5 Å². The summed E-state index contributed by atoms with van der Waals surface area (Å²) in [5.74, 6) is -0.330. The molecule has 0 N–H and O–H groups in total. The van der Waals surface area contributed by atoms with E-state index >= 15 is 0 Å². The highest BCUT2D eigenvalue weighted by Crippen LogP contribution is 2.37. The van der Waals surface area contributed by atoms with Crippen LogP contribution in [0.15, 0.2) is 82.2 Å². The fourth-order valence-corrected chi connectivity index (χ4v) is 7.17. The fourth-order valence-electron chi connectivity index (χ4n) is 5.16. The van der Waals surface area contributed by atoms with E-state index in [-0.39, 0.29) is 10.5 Å². The second-order valence-corrected chi connectivity index (χ2v) is 13.2. The molecule has 2 heterocycles. The van der Waals surface area contributed by atoms with Crippen LogP contribution in [0.25, 0.3) is 5.69 Å². The SMILES string of the molecule is COc1cc(C(=O)OCC(=O)c2cc(C)n(-c3cccc(S(=O)(=O)N4CCOCC4)c3)c2C)cc(Br)c1OCc1ccccc1. The first kappa shape index (κ1) is 32.4. The van der Waals surface area contributed by atoms with Crippen molar-refractivity contribution in [3.63, 3.8) is 0 Å². The van der Waals surface area contributed by atoms with E-state index in [1.54, 1.807) is 43.3 Å². The van der Waals surface area contributed by atoms with Crippen LogP contribution in [0.4, 0.5) is 0 Å². The minimum absolute atomic E-state index is 0.161. The number of benzene rings is 3. The standard InChI is InChI=1S/C33H33BrN2O8S/c1-22-16-28(23(2)36(22)26-10-7-11-27(19-26)45(39,40)35-12-14-42-15-13-35)30(37)21-44-33(38)25-17-29(34)32(31(18-25)41-3)43-20-24-8-5-4-6-9-24/h4-11,16-19H,12-15,20-21H2,1-3H3. The average Bonchev–Trinajstić information content (AvgIpc) is 3.36. The van der Waals surface area contributed by atoms with Crippen LogP contribution in [-0.4, -0.2) is 69.1 Å². The number of sulfonamides is 1. The Balaban J connectivity index is 1.29. The van der Waals surface area contributed by atoms with E-state index in [0.717, 1.165) is 11.3 Å². The largest absolute Gasteiger partial charge is 0.493 e. The number of aryl methyl sites for hydroxylation is 1. The number of nitrogens with zero attached hydrogens (tertiary/aromatic N) is 2. The minimum Gasteiger partial charge on any atom is -0.493 e. The molecule has 10 nitrogen and oxygen atoms in total. The summed E-state index contributed by atoms with van der Waals surface area (Å²) in [4.78, 5) is 26.4. The van der Waals surface area contributed by atoms with E-state index in [4.69, 9.17) is 18.9 Å². The average molecular weight is 698 g/mol. The molecule has 1 saturated heterocycles. The molecular formula is C33H33BrN2O8S. The van der Waals surface area contributed by atoms with Crippen LogP contribution in [0.3, 0.4) is 0 Å². The number of ether oxygens (including phenoxy) is 4. The van der Waals surface area contributed by atoms with Gasteiger partial charge in [0, 0.05) is 35.7 Å². The maximum absolute atomic E-state index is 13.2. The molecule has 1 fully saturated rings. The number of aromatic nitrogens is 1. The lowest BCUT2D eigenvalue weighted by Crippen LogP contribution is -2.40. The summed E-state index contributed by atoms with van der Waals surface area (Å²) in [5, 5.41) is 0. The third-order valence-electron chi connectivity index (χ3n) is 7.44. The van der Waals surface area contributed by atoms with E-state index in [2.05, 4.69) is 15.9 Å². The maximum Gasteiger partial charge on any atom is 0.338 e. The molecule has 0 spiro atoms. The van der Waals surface area contributed by atoms with Crippen molar-refractivity contribution in [1.29, 1.82) is 0 Å². The van der Waals surface area contributed by atoms with Crippen molar-refractivity contribution < 1.29 is 37.0 Å². The van der Waals surface area contributed by atoms with Gasteiger partial charge in [0.1, 0.15) is 6.61 Å².